The summed E-state index contributed by atoms with van der Waals surface area (Å²) in [6.45, 7) is 3.82. The van der Waals surface area contributed by atoms with Crippen molar-refractivity contribution in [3.05, 3.63) is 70.8 Å². The predicted molar refractivity (Wildman–Crippen MR) is 156 cm³/mol. The van der Waals surface area contributed by atoms with Crippen LogP contribution in [0.2, 0.25) is 0 Å². The minimum atomic E-state index is -0.354. The molecule has 0 aliphatic heterocycles. The third kappa shape index (κ3) is 6.35. The van der Waals surface area contributed by atoms with Crippen LogP contribution >= 0.6 is 11.3 Å². The van der Waals surface area contributed by atoms with Crippen LogP contribution in [-0.4, -0.2) is 51.7 Å². The highest BCUT2D eigenvalue weighted by atomic mass is 32.1. The number of aromatic nitrogens is 1. The van der Waals surface area contributed by atoms with Gasteiger partial charge in [0.2, 0.25) is 5.75 Å². The number of rotatable bonds is 11. The summed E-state index contributed by atoms with van der Waals surface area (Å²) >= 11 is 1.41. The van der Waals surface area contributed by atoms with Gasteiger partial charge in [-0.2, -0.15) is 0 Å². The number of carbonyl (C=O) groups excluding carboxylic acids is 2. The average Bonchev–Trinajstić information content (AvgIpc) is 3.34. The Hall–Kier alpha value is -4.57. The summed E-state index contributed by atoms with van der Waals surface area (Å²) in [6.07, 6.45) is 3.07. The van der Waals surface area contributed by atoms with Gasteiger partial charge in [0.1, 0.15) is 0 Å². The van der Waals surface area contributed by atoms with Gasteiger partial charge in [-0.05, 0) is 73.0 Å². The molecule has 3 aromatic carbocycles. The number of nitrogens with zero attached hydrogens (tertiary/aromatic N) is 1. The van der Waals surface area contributed by atoms with Gasteiger partial charge in [-0.25, -0.2) is 4.98 Å². The molecule has 1 amide bonds. The van der Waals surface area contributed by atoms with Crippen LogP contribution in [0.25, 0.3) is 16.3 Å². The number of benzene rings is 3. The number of amides is 1. The summed E-state index contributed by atoms with van der Waals surface area (Å²) in [5.41, 5.74) is 4.20. The molecule has 0 aliphatic carbocycles. The van der Waals surface area contributed by atoms with Gasteiger partial charge in [0.15, 0.2) is 40.5 Å². The number of ketones is 1. The van der Waals surface area contributed by atoms with Gasteiger partial charge in [-0.1, -0.05) is 23.5 Å². The van der Waals surface area contributed by atoms with Gasteiger partial charge in [0.05, 0.1) is 38.7 Å². The summed E-state index contributed by atoms with van der Waals surface area (Å²) in [4.78, 5) is 30.0. The summed E-state index contributed by atoms with van der Waals surface area (Å²) in [7, 11) is 5.98. The van der Waals surface area contributed by atoms with E-state index >= 15 is 0 Å². The summed E-state index contributed by atoms with van der Waals surface area (Å²) in [5, 5.41) is 3.29. The fourth-order valence-corrected chi connectivity index (χ4v) is 4.90. The zero-order chi connectivity index (χ0) is 28.8. The fraction of sp³-hybridized carbons (Fsp3) is 0.233. The number of hydrogen-bond acceptors (Lipinski definition) is 9. The van der Waals surface area contributed by atoms with Crippen LogP contribution < -0.4 is 29.0 Å². The number of fused-ring (bicyclic) bond motifs is 1. The molecule has 40 heavy (non-hydrogen) atoms. The molecule has 208 valence electrons. The normalized spacial score (nSPS) is 10.9. The topological polar surface area (TPSA) is 105 Å². The van der Waals surface area contributed by atoms with E-state index in [9.17, 15) is 9.59 Å². The molecular weight excluding hydrogens is 532 g/mol. The second-order valence-corrected chi connectivity index (χ2v) is 9.81. The lowest BCUT2D eigenvalue weighted by Gasteiger charge is -2.13. The Morgan fingerprint density at radius 3 is 2.17 bits per heavy atom. The van der Waals surface area contributed by atoms with Crippen molar-refractivity contribution >= 4 is 44.5 Å². The highest BCUT2D eigenvalue weighted by Gasteiger charge is 2.16. The van der Waals surface area contributed by atoms with Crippen molar-refractivity contribution in [3.8, 4) is 28.7 Å². The minimum absolute atomic E-state index is 0.248. The molecule has 0 unspecified atom stereocenters. The molecule has 1 aromatic heterocycles. The number of methoxy groups -OCH3 is 4. The summed E-state index contributed by atoms with van der Waals surface area (Å²) < 4.78 is 28.1. The maximum atomic E-state index is 12.9. The largest absolute Gasteiger partial charge is 0.493 e. The van der Waals surface area contributed by atoms with E-state index in [4.69, 9.17) is 23.7 Å². The van der Waals surface area contributed by atoms with Crippen molar-refractivity contribution in [2.45, 2.75) is 13.8 Å². The highest BCUT2D eigenvalue weighted by Crippen LogP contribution is 2.38. The van der Waals surface area contributed by atoms with E-state index in [2.05, 4.69) is 16.4 Å². The lowest BCUT2D eigenvalue weighted by Crippen LogP contribution is -2.20. The van der Waals surface area contributed by atoms with Gasteiger partial charge in [0, 0.05) is 5.56 Å². The maximum Gasteiger partial charge on any atom is 0.264 e. The molecule has 1 N–H and O–H groups in total. The first-order valence-corrected chi connectivity index (χ1v) is 13.1. The molecule has 1 heterocycles. The lowest BCUT2D eigenvalue weighted by molar-refractivity contribution is -0.118. The molecule has 0 aliphatic rings. The second-order valence-electron chi connectivity index (χ2n) is 8.78. The van der Waals surface area contributed by atoms with Crippen LogP contribution in [0.15, 0.2) is 48.5 Å². The van der Waals surface area contributed by atoms with E-state index in [-0.39, 0.29) is 18.3 Å². The van der Waals surface area contributed by atoms with Gasteiger partial charge in [-0.15, -0.1) is 0 Å². The van der Waals surface area contributed by atoms with Crippen LogP contribution in [0.3, 0.4) is 0 Å². The van der Waals surface area contributed by atoms with E-state index in [1.165, 1.54) is 51.4 Å². The zero-order valence-corrected chi connectivity index (χ0v) is 23.9. The number of hydrogen-bond donors (Lipinski definition) is 1. The number of ether oxygens (including phenoxy) is 5. The van der Waals surface area contributed by atoms with Gasteiger partial charge < -0.3 is 23.7 Å². The van der Waals surface area contributed by atoms with E-state index in [0.717, 1.165) is 15.8 Å². The Kier molecular flexibility index (Phi) is 8.90. The zero-order valence-electron chi connectivity index (χ0n) is 23.1. The maximum absolute atomic E-state index is 12.9. The molecule has 0 bridgehead atoms. The Bertz CT molecular complexity index is 1530. The monoisotopic (exact) mass is 562 g/mol. The Morgan fingerprint density at radius 2 is 1.52 bits per heavy atom. The number of nitrogens with one attached hydrogen (secondary N) is 1. The SMILES string of the molecule is COc1ccc(/C=C/C(=O)c2cc(OC)c(OC)c(OC)c2)cc1OCC(=O)Nc1nc2cc(C)c(C)cc2s1. The first-order valence-electron chi connectivity index (χ1n) is 12.3. The van der Waals surface area contributed by atoms with Gasteiger partial charge in [-0.3, -0.25) is 14.9 Å². The van der Waals surface area contributed by atoms with E-state index in [1.807, 2.05) is 19.9 Å². The molecular formula is C30H30N2O7S. The molecule has 10 heteroatoms. The van der Waals surface area contributed by atoms with E-state index < -0.39 is 0 Å². The number of thiazole rings is 1. The van der Waals surface area contributed by atoms with Crippen LogP contribution in [-0.2, 0) is 4.79 Å². The lowest BCUT2D eigenvalue weighted by atomic mass is 10.1. The van der Waals surface area contributed by atoms with Crippen molar-refractivity contribution in [2.75, 3.05) is 40.4 Å². The second kappa shape index (κ2) is 12.5. The minimum Gasteiger partial charge on any atom is -0.493 e. The number of allylic oxidation sites excluding steroid dienone is 1. The number of carbonyl (C=O) groups is 2. The standard InChI is InChI=1S/C30H30N2O7S/c1-17-11-21-27(12-18(17)2)40-30(31-21)32-28(34)16-39-24-13-19(8-10-23(24)35-3)7-9-22(33)20-14-25(36-4)29(38-6)26(15-20)37-5/h7-15H,16H2,1-6H3,(H,31,32,34)/b9-7+. The van der Waals surface area contributed by atoms with Crippen molar-refractivity contribution in [1.29, 1.82) is 0 Å². The van der Waals surface area contributed by atoms with E-state index in [0.29, 0.717) is 45.0 Å². The Balaban J connectivity index is 1.45. The Morgan fingerprint density at radius 1 is 0.850 bits per heavy atom. The molecule has 0 fully saturated rings. The highest BCUT2D eigenvalue weighted by molar-refractivity contribution is 7.22. The molecule has 4 rings (SSSR count). The predicted octanol–water partition coefficient (Wildman–Crippen LogP) is 5.86. The molecule has 0 saturated heterocycles. The smallest absolute Gasteiger partial charge is 0.264 e. The van der Waals surface area contributed by atoms with Crippen LogP contribution in [0, 0.1) is 13.8 Å². The molecule has 0 radical (unpaired) electrons. The van der Waals surface area contributed by atoms with Crippen molar-refractivity contribution < 1.29 is 33.3 Å². The summed E-state index contributed by atoms with van der Waals surface area (Å²) in [6, 6.07) is 12.4. The molecule has 4 aromatic rings. The van der Waals surface area contributed by atoms with Crippen molar-refractivity contribution in [1.82, 2.24) is 4.98 Å². The van der Waals surface area contributed by atoms with Gasteiger partial charge in [0.25, 0.3) is 5.91 Å². The van der Waals surface area contributed by atoms with Crippen LogP contribution in [0.4, 0.5) is 5.13 Å². The average molecular weight is 563 g/mol. The fourth-order valence-electron chi connectivity index (χ4n) is 3.93. The molecule has 0 spiro atoms. The third-order valence-electron chi connectivity index (χ3n) is 6.17. The molecule has 9 nitrogen and oxygen atoms in total. The molecule has 0 atom stereocenters. The number of anilines is 1. The summed E-state index contributed by atoms with van der Waals surface area (Å²) in [5.74, 6) is 1.36. The quantitative estimate of drug-likeness (QED) is 0.179. The number of aryl methyl sites for hydroxylation is 2. The van der Waals surface area contributed by atoms with Crippen LogP contribution in [0.5, 0.6) is 28.7 Å². The van der Waals surface area contributed by atoms with E-state index in [1.54, 1.807) is 36.4 Å². The van der Waals surface area contributed by atoms with Gasteiger partial charge >= 0.3 is 0 Å². The molecule has 0 saturated carbocycles. The first-order chi connectivity index (χ1) is 19.3. The van der Waals surface area contributed by atoms with Crippen molar-refractivity contribution in [3.63, 3.8) is 0 Å². The van der Waals surface area contributed by atoms with Crippen molar-refractivity contribution in [2.24, 2.45) is 0 Å². The third-order valence-corrected chi connectivity index (χ3v) is 7.11. The first kappa shape index (κ1) is 28.4. The van der Waals surface area contributed by atoms with Crippen LogP contribution in [0.1, 0.15) is 27.0 Å². The Labute approximate surface area is 236 Å².